The second kappa shape index (κ2) is 11.8. The van der Waals surface area contributed by atoms with Crippen LogP contribution in [0.5, 0.6) is 0 Å². The van der Waals surface area contributed by atoms with Crippen molar-refractivity contribution < 1.29 is 35.5 Å². The Balaban J connectivity index is 1.98. The first-order valence-electron chi connectivity index (χ1n) is 10.3. The predicted molar refractivity (Wildman–Crippen MR) is 136 cm³/mol. The van der Waals surface area contributed by atoms with E-state index in [1.54, 1.807) is 12.1 Å². The maximum absolute atomic E-state index is 15.0. The van der Waals surface area contributed by atoms with E-state index in [0.717, 1.165) is 18.2 Å². The lowest BCUT2D eigenvalue weighted by Crippen LogP contribution is -2.20. The van der Waals surface area contributed by atoms with Crippen molar-refractivity contribution >= 4 is 68.2 Å². The number of anilines is 1. The topological polar surface area (TPSA) is 42.0 Å². The SMILES string of the molecule is O=C(CNc1cccc(Br)n1)c1ccc(/C(F)=C/C(c2cc(Cl)c(Cl)c(Cl)c2)C(F)(F)F)cc1C(F)(F)F. The molecule has 0 fully saturated rings. The van der Waals surface area contributed by atoms with Crippen molar-refractivity contribution in [2.24, 2.45) is 0 Å². The van der Waals surface area contributed by atoms with Gasteiger partial charge in [0.2, 0.25) is 0 Å². The molecule has 0 aliphatic rings. The first kappa shape index (κ1) is 30.2. The predicted octanol–water partition coefficient (Wildman–Crippen LogP) is 9.77. The molecular formula is C24H13BrCl3F7N2O. The molecule has 0 aliphatic carbocycles. The first-order chi connectivity index (χ1) is 17.6. The maximum atomic E-state index is 15.0. The standard InChI is InChI=1S/C24H13BrCl3F7N2O/c25-20-2-1-3-21(37-20)36-10-19(38)13-5-4-11(6-15(13)24(33,34)35)18(29)9-14(23(30,31)32)12-7-16(26)22(28)17(27)8-12/h1-9,14H,10H2,(H,36,37)/b18-9-. The molecule has 1 N–H and O–H groups in total. The lowest BCUT2D eigenvalue weighted by molar-refractivity contribution is -0.140. The molecule has 3 nitrogen and oxygen atoms in total. The summed E-state index contributed by atoms with van der Waals surface area (Å²) in [5, 5.41) is 1.70. The number of nitrogens with zero attached hydrogens (tertiary/aromatic N) is 1. The van der Waals surface area contributed by atoms with E-state index < -0.39 is 58.7 Å². The molecule has 14 heteroatoms. The molecule has 1 aromatic heterocycles. The van der Waals surface area contributed by atoms with Gasteiger partial charge in [-0.25, -0.2) is 9.37 Å². The zero-order valence-corrected chi connectivity index (χ0v) is 22.3. The number of nitrogens with one attached hydrogen (secondary N) is 1. The summed E-state index contributed by atoms with van der Waals surface area (Å²) in [6.45, 7) is -0.585. The maximum Gasteiger partial charge on any atom is 0.417 e. The van der Waals surface area contributed by atoms with E-state index in [2.05, 4.69) is 26.2 Å². The minimum atomic E-state index is -5.12. The molecule has 202 valence electrons. The number of Topliss-reactive ketones (excluding diaryl/α,β-unsaturated/α-hetero) is 1. The second-order valence-corrected chi connectivity index (χ2v) is 9.72. The number of ketones is 1. The molecule has 0 amide bonds. The fourth-order valence-electron chi connectivity index (χ4n) is 3.32. The van der Waals surface area contributed by atoms with Gasteiger partial charge in [-0.1, -0.05) is 53.0 Å². The van der Waals surface area contributed by atoms with E-state index in [9.17, 15) is 35.5 Å². The van der Waals surface area contributed by atoms with Gasteiger partial charge in [0.25, 0.3) is 0 Å². The normalized spacial score (nSPS) is 13.4. The van der Waals surface area contributed by atoms with E-state index in [1.165, 1.54) is 6.07 Å². The van der Waals surface area contributed by atoms with Crippen LogP contribution in [-0.4, -0.2) is 23.5 Å². The zero-order valence-electron chi connectivity index (χ0n) is 18.5. The number of rotatable bonds is 7. The Morgan fingerprint density at radius 3 is 2.18 bits per heavy atom. The van der Waals surface area contributed by atoms with Gasteiger partial charge in [-0.15, -0.1) is 0 Å². The number of allylic oxidation sites excluding steroid dienone is 1. The highest BCUT2D eigenvalue weighted by Crippen LogP contribution is 2.42. The molecule has 1 atom stereocenters. The van der Waals surface area contributed by atoms with E-state index in [-0.39, 0.29) is 33.0 Å². The van der Waals surface area contributed by atoms with Crippen LogP contribution in [0.4, 0.5) is 36.6 Å². The number of carbonyl (C=O) groups is 1. The van der Waals surface area contributed by atoms with Crippen molar-refractivity contribution in [3.63, 3.8) is 0 Å². The summed E-state index contributed by atoms with van der Waals surface area (Å²) < 4.78 is 98.0. The highest BCUT2D eigenvalue weighted by Gasteiger charge is 2.41. The monoisotopic (exact) mass is 662 g/mol. The number of pyridine rings is 1. The van der Waals surface area contributed by atoms with Gasteiger partial charge in [-0.2, -0.15) is 26.3 Å². The molecule has 38 heavy (non-hydrogen) atoms. The molecule has 1 unspecified atom stereocenters. The Hall–Kier alpha value is -2.34. The van der Waals surface area contributed by atoms with Crippen LogP contribution in [0.15, 0.2) is 59.2 Å². The fourth-order valence-corrected chi connectivity index (χ4v) is 4.28. The second-order valence-electron chi connectivity index (χ2n) is 7.71. The van der Waals surface area contributed by atoms with Gasteiger partial charge in [0, 0.05) is 11.1 Å². The smallest absolute Gasteiger partial charge is 0.363 e. The van der Waals surface area contributed by atoms with Crippen LogP contribution in [0.2, 0.25) is 15.1 Å². The molecule has 0 saturated carbocycles. The van der Waals surface area contributed by atoms with Crippen LogP contribution in [0.1, 0.15) is 33.0 Å². The van der Waals surface area contributed by atoms with Crippen molar-refractivity contribution in [3.05, 3.63) is 96.5 Å². The Bertz CT molecular complexity index is 1370. The van der Waals surface area contributed by atoms with Gasteiger partial charge in [0.1, 0.15) is 22.2 Å². The Morgan fingerprint density at radius 1 is 1.00 bits per heavy atom. The van der Waals surface area contributed by atoms with Crippen molar-refractivity contribution in [1.82, 2.24) is 4.98 Å². The van der Waals surface area contributed by atoms with Crippen molar-refractivity contribution in [2.75, 3.05) is 11.9 Å². The summed E-state index contributed by atoms with van der Waals surface area (Å²) in [5.41, 5.74) is -3.73. The summed E-state index contributed by atoms with van der Waals surface area (Å²) in [5.74, 6) is -5.04. The van der Waals surface area contributed by atoms with Crippen LogP contribution >= 0.6 is 50.7 Å². The lowest BCUT2D eigenvalue weighted by atomic mass is 9.95. The third kappa shape index (κ3) is 7.40. The van der Waals surface area contributed by atoms with E-state index in [1.807, 2.05) is 0 Å². The summed E-state index contributed by atoms with van der Waals surface area (Å²) in [6.07, 6.45) is -10.1. The number of carbonyl (C=O) groups excluding carboxylic acids is 1. The number of benzene rings is 2. The third-order valence-corrected chi connectivity index (χ3v) is 6.72. The molecule has 1 heterocycles. The Kier molecular flexibility index (Phi) is 9.39. The largest absolute Gasteiger partial charge is 0.417 e. The molecule has 0 bridgehead atoms. The van der Waals surface area contributed by atoms with Gasteiger partial charge in [-0.05, 0) is 57.9 Å². The minimum absolute atomic E-state index is 0.0906. The summed E-state index contributed by atoms with van der Waals surface area (Å²) in [6, 6.07) is 8.05. The van der Waals surface area contributed by atoms with E-state index in [4.69, 9.17) is 34.8 Å². The summed E-state index contributed by atoms with van der Waals surface area (Å²) >= 11 is 20.5. The van der Waals surface area contributed by atoms with Crippen molar-refractivity contribution in [2.45, 2.75) is 18.3 Å². The average Bonchev–Trinajstić information content (AvgIpc) is 2.82. The molecule has 0 radical (unpaired) electrons. The number of hydrogen-bond donors (Lipinski definition) is 1. The Labute approximate surface area is 234 Å². The van der Waals surface area contributed by atoms with Gasteiger partial charge in [0.15, 0.2) is 5.78 Å². The van der Waals surface area contributed by atoms with Crippen LogP contribution in [-0.2, 0) is 6.18 Å². The molecular weight excluding hydrogens is 652 g/mol. The molecule has 0 aliphatic heterocycles. The fraction of sp³-hybridized carbons (Fsp3) is 0.167. The number of aromatic nitrogens is 1. The number of alkyl halides is 6. The van der Waals surface area contributed by atoms with E-state index in [0.29, 0.717) is 10.7 Å². The van der Waals surface area contributed by atoms with Crippen LogP contribution in [0.3, 0.4) is 0 Å². The van der Waals surface area contributed by atoms with Crippen LogP contribution in [0, 0.1) is 0 Å². The van der Waals surface area contributed by atoms with Gasteiger partial charge in [-0.3, -0.25) is 4.79 Å². The molecule has 0 spiro atoms. The molecule has 0 saturated heterocycles. The highest BCUT2D eigenvalue weighted by molar-refractivity contribution is 9.10. The first-order valence-corrected chi connectivity index (χ1v) is 12.2. The van der Waals surface area contributed by atoms with Crippen LogP contribution < -0.4 is 5.32 Å². The highest BCUT2D eigenvalue weighted by atomic mass is 79.9. The van der Waals surface area contributed by atoms with Gasteiger partial charge >= 0.3 is 12.4 Å². The molecule has 3 rings (SSSR count). The molecule has 2 aromatic carbocycles. The van der Waals surface area contributed by atoms with Gasteiger partial charge in [0.05, 0.1) is 27.2 Å². The summed E-state index contributed by atoms with van der Waals surface area (Å²) in [7, 11) is 0. The van der Waals surface area contributed by atoms with Crippen LogP contribution in [0.25, 0.3) is 5.83 Å². The molecule has 3 aromatic rings. The Morgan fingerprint density at radius 2 is 1.63 bits per heavy atom. The average molecular weight is 665 g/mol. The lowest BCUT2D eigenvalue weighted by Gasteiger charge is -2.19. The third-order valence-electron chi connectivity index (χ3n) is 5.08. The quantitative estimate of drug-likeness (QED) is 0.118. The van der Waals surface area contributed by atoms with E-state index >= 15 is 0 Å². The number of hydrogen-bond acceptors (Lipinski definition) is 3. The van der Waals surface area contributed by atoms with Crippen molar-refractivity contribution in [1.29, 1.82) is 0 Å². The minimum Gasteiger partial charge on any atom is -0.363 e. The number of halogens is 11. The zero-order chi connectivity index (χ0) is 28.4. The van der Waals surface area contributed by atoms with Crippen molar-refractivity contribution in [3.8, 4) is 0 Å². The van der Waals surface area contributed by atoms with Gasteiger partial charge < -0.3 is 5.32 Å². The summed E-state index contributed by atoms with van der Waals surface area (Å²) in [4.78, 5) is 16.5.